The van der Waals surface area contributed by atoms with Crippen LogP contribution in [0.1, 0.15) is 10.8 Å². The quantitative estimate of drug-likeness (QED) is 0.472. The molecule has 1 fully saturated rings. The second-order valence-corrected chi connectivity index (χ2v) is 9.13. The van der Waals surface area contributed by atoms with Crippen molar-refractivity contribution < 1.29 is 13.9 Å². The van der Waals surface area contributed by atoms with Crippen molar-refractivity contribution >= 4 is 17.7 Å². The molecule has 7 nitrogen and oxygen atoms in total. The van der Waals surface area contributed by atoms with E-state index in [4.69, 9.17) is 4.74 Å². The van der Waals surface area contributed by atoms with Crippen molar-refractivity contribution in [3.63, 3.8) is 0 Å². The number of hydrogen-bond donors (Lipinski definition) is 0. The summed E-state index contributed by atoms with van der Waals surface area (Å²) in [5.41, 5.74) is 1.69. The van der Waals surface area contributed by atoms with Crippen molar-refractivity contribution in [1.29, 1.82) is 0 Å². The van der Waals surface area contributed by atoms with Crippen LogP contribution in [0.3, 0.4) is 0 Å². The first-order chi connectivity index (χ1) is 16.0. The highest BCUT2D eigenvalue weighted by Crippen LogP contribution is 2.37. The van der Waals surface area contributed by atoms with Crippen LogP contribution < -0.4 is 0 Å². The summed E-state index contributed by atoms with van der Waals surface area (Å²) in [5.74, 6) is 0.348. The van der Waals surface area contributed by atoms with Crippen molar-refractivity contribution in [1.82, 2.24) is 24.6 Å². The second kappa shape index (κ2) is 10.9. The molecule has 1 atom stereocenters. The minimum atomic E-state index is -0.450. The van der Waals surface area contributed by atoms with Gasteiger partial charge in [0.05, 0.1) is 13.2 Å². The van der Waals surface area contributed by atoms with E-state index < -0.39 is 5.25 Å². The highest BCUT2D eigenvalue weighted by molar-refractivity contribution is 8.00. The Kier molecular flexibility index (Phi) is 7.74. The lowest BCUT2D eigenvalue weighted by Gasteiger charge is -2.27. The summed E-state index contributed by atoms with van der Waals surface area (Å²) in [4.78, 5) is 17.0. The van der Waals surface area contributed by atoms with Gasteiger partial charge in [0, 0.05) is 45.8 Å². The van der Waals surface area contributed by atoms with Crippen LogP contribution in [0.15, 0.2) is 59.8 Å². The fourth-order valence-corrected chi connectivity index (χ4v) is 4.89. The molecule has 0 saturated carbocycles. The summed E-state index contributed by atoms with van der Waals surface area (Å²) in [7, 11) is 3.51. The first-order valence-corrected chi connectivity index (χ1v) is 11.8. The fraction of sp³-hybridized carbons (Fsp3) is 0.375. The lowest BCUT2D eigenvalue weighted by atomic mass is 10.1. The maximum Gasteiger partial charge on any atom is 0.240 e. The standard InChI is InChI=1S/C24H28FN5O2S/c1-28(2)23(31)21(18-6-4-3-5-7-18)33-24-27-26-22(19-8-10-20(25)11-9-19)30(24)13-12-29-14-16-32-17-15-29/h3-11,21H,12-17H2,1-2H3. The van der Waals surface area contributed by atoms with Crippen molar-refractivity contribution in [2.24, 2.45) is 0 Å². The van der Waals surface area contributed by atoms with E-state index in [0.29, 0.717) is 17.5 Å². The minimum Gasteiger partial charge on any atom is -0.379 e. The number of halogens is 1. The molecule has 0 aliphatic carbocycles. The summed E-state index contributed by atoms with van der Waals surface area (Å²) in [6, 6.07) is 16.0. The number of nitrogens with zero attached hydrogens (tertiary/aromatic N) is 5. The molecule has 1 saturated heterocycles. The Balaban J connectivity index is 1.66. The van der Waals surface area contributed by atoms with E-state index in [1.54, 1.807) is 31.1 Å². The number of benzene rings is 2. The van der Waals surface area contributed by atoms with Gasteiger partial charge in [0.15, 0.2) is 11.0 Å². The van der Waals surface area contributed by atoms with Gasteiger partial charge in [-0.1, -0.05) is 42.1 Å². The number of carbonyl (C=O) groups is 1. The van der Waals surface area contributed by atoms with Crippen molar-refractivity contribution in [3.8, 4) is 11.4 Å². The van der Waals surface area contributed by atoms with Gasteiger partial charge in [-0.2, -0.15) is 0 Å². The van der Waals surface area contributed by atoms with Gasteiger partial charge in [0.1, 0.15) is 11.1 Å². The number of likely N-dealkylation sites (N-methyl/N-ethyl adjacent to an activating group) is 1. The summed E-state index contributed by atoms with van der Waals surface area (Å²) in [5, 5.41) is 9.09. The highest BCUT2D eigenvalue weighted by atomic mass is 32.2. The summed E-state index contributed by atoms with van der Waals surface area (Å²) >= 11 is 1.39. The van der Waals surface area contributed by atoms with Gasteiger partial charge in [0.2, 0.25) is 5.91 Å². The van der Waals surface area contributed by atoms with E-state index in [-0.39, 0.29) is 11.7 Å². The third-order valence-electron chi connectivity index (χ3n) is 5.55. The molecule has 0 radical (unpaired) electrons. The average Bonchev–Trinajstić information content (AvgIpc) is 3.24. The predicted octanol–water partition coefficient (Wildman–Crippen LogP) is 3.34. The van der Waals surface area contributed by atoms with E-state index in [1.165, 1.54) is 23.9 Å². The van der Waals surface area contributed by atoms with E-state index in [1.807, 2.05) is 34.9 Å². The molecule has 174 valence electrons. The molecule has 2 aromatic carbocycles. The number of amides is 1. The zero-order valence-corrected chi connectivity index (χ0v) is 19.7. The average molecular weight is 470 g/mol. The Bertz CT molecular complexity index is 1050. The van der Waals surface area contributed by atoms with Crippen LogP contribution in [-0.4, -0.2) is 77.4 Å². The Morgan fingerprint density at radius 1 is 1.06 bits per heavy atom. The van der Waals surface area contributed by atoms with E-state index in [9.17, 15) is 9.18 Å². The summed E-state index contributed by atoms with van der Waals surface area (Å²) < 4.78 is 21.0. The maximum atomic E-state index is 13.5. The fourth-order valence-electron chi connectivity index (χ4n) is 3.68. The molecule has 9 heteroatoms. The van der Waals surface area contributed by atoms with Gasteiger partial charge in [-0.25, -0.2) is 4.39 Å². The van der Waals surface area contributed by atoms with Gasteiger partial charge in [-0.15, -0.1) is 10.2 Å². The van der Waals surface area contributed by atoms with Crippen LogP contribution in [0.25, 0.3) is 11.4 Å². The number of rotatable bonds is 8. The number of carbonyl (C=O) groups excluding carboxylic acids is 1. The number of aromatic nitrogens is 3. The van der Waals surface area contributed by atoms with E-state index in [2.05, 4.69) is 15.1 Å². The van der Waals surface area contributed by atoms with Gasteiger partial charge in [-0.3, -0.25) is 9.69 Å². The van der Waals surface area contributed by atoms with Gasteiger partial charge in [0.25, 0.3) is 0 Å². The molecule has 33 heavy (non-hydrogen) atoms. The molecule has 4 rings (SSSR count). The zero-order chi connectivity index (χ0) is 23.2. The highest BCUT2D eigenvalue weighted by Gasteiger charge is 2.27. The molecular weight excluding hydrogens is 441 g/mol. The van der Waals surface area contributed by atoms with E-state index >= 15 is 0 Å². The van der Waals surface area contributed by atoms with Gasteiger partial charge >= 0.3 is 0 Å². The molecule has 0 bridgehead atoms. The van der Waals surface area contributed by atoms with Gasteiger partial charge in [-0.05, 0) is 29.8 Å². The van der Waals surface area contributed by atoms with Crippen molar-refractivity contribution in [2.75, 3.05) is 46.9 Å². The van der Waals surface area contributed by atoms with Crippen molar-refractivity contribution in [2.45, 2.75) is 17.0 Å². The SMILES string of the molecule is CN(C)C(=O)C(Sc1nnc(-c2ccc(F)cc2)n1CCN1CCOCC1)c1ccccc1. The zero-order valence-electron chi connectivity index (χ0n) is 18.9. The second-order valence-electron chi connectivity index (χ2n) is 8.06. The third-order valence-corrected chi connectivity index (χ3v) is 6.78. The van der Waals surface area contributed by atoms with Crippen LogP contribution >= 0.6 is 11.8 Å². The molecule has 2 heterocycles. The Labute approximate surface area is 197 Å². The maximum absolute atomic E-state index is 13.5. The molecule has 1 aliphatic rings. The number of hydrogen-bond acceptors (Lipinski definition) is 6. The molecule has 1 amide bonds. The molecule has 3 aromatic rings. The Morgan fingerprint density at radius 3 is 2.42 bits per heavy atom. The molecule has 0 N–H and O–H groups in total. The number of ether oxygens (including phenoxy) is 1. The third kappa shape index (κ3) is 5.79. The monoisotopic (exact) mass is 469 g/mol. The van der Waals surface area contributed by atoms with Crippen molar-refractivity contribution in [3.05, 3.63) is 66.0 Å². The Hall–Kier alpha value is -2.75. The molecular formula is C24H28FN5O2S. The molecule has 1 aliphatic heterocycles. The molecule has 0 spiro atoms. The van der Waals surface area contributed by atoms with E-state index in [0.717, 1.165) is 44.0 Å². The first kappa shape index (κ1) is 23.4. The van der Waals surface area contributed by atoms with Crippen LogP contribution in [0.4, 0.5) is 4.39 Å². The van der Waals surface area contributed by atoms with Crippen LogP contribution in [0, 0.1) is 5.82 Å². The smallest absolute Gasteiger partial charge is 0.240 e. The molecule has 1 aromatic heterocycles. The van der Waals surface area contributed by atoms with Crippen LogP contribution in [0.5, 0.6) is 0 Å². The minimum absolute atomic E-state index is 0.0164. The van der Waals surface area contributed by atoms with Crippen LogP contribution in [-0.2, 0) is 16.1 Å². The normalized spacial score (nSPS) is 15.4. The lowest BCUT2D eigenvalue weighted by Crippen LogP contribution is -2.38. The lowest BCUT2D eigenvalue weighted by molar-refractivity contribution is -0.128. The number of thioether (sulfide) groups is 1. The topological polar surface area (TPSA) is 63.5 Å². The van der Waals surface area contributed by atoms with Crippen LogP contribution in [0.2, 0.25) is 0 Å². The Morgan fingerprint density at radius 2 is 1.76 bits per heavy atom. The largest absolute Gasteiger partial charge is 0.379 e. The predicted molar refractivity (Wildman–Crippen MR) is 126 cm³/mol. The summed E-state index contributed by atoms with van der Waals surface area (Å²) in [6.07, 6.45) is 0. The molecule has 1 unspecified atom stereocenters. The van der Waals surface area contributed by atoms with Gasteiger partial charge < -0.3 is 14.2 Å². The number of morpholine rings is 1. The summed E-state index contributed by atoms with van der Waals surface area (Å²) in [6.45, 7) is 4.66. The first-order valence-electron chi connectivity index (χ1n) is 10.9.